The molecular weight excluding hydrogens is 348 g/mol. The average molecular weight is 377 g/mol. The number of rotatable bonds is 6. The summed E-state index contributed by atoms with van der Waals surface area (Å²) in [4.78, 5) is 19.2. The molecule has 0 bridgehead atoms. The minimum Gasteiger partial charge on any atom is -0.372 e. The second kappa shape index (κ2) is 9.38. The van der Waals surface area contributed by atoms with Crippen molar-refractivity contribution in [2.45, 2.75) is 19.9 Å². The summed E-state index contributed by atoms with van der Waals surface area (Å²) in [6.07, 6.45) is 0. The Balaban J connectivity index is 1.61. The molecule has 1 saturated heterocycles. The highest BCUT2D eigenvalue weighted by atomic mass is 16.2. The number of nitriles is 1. The van der Waals surface area contributed by atoms with E-state index in [1.807, 2.05) is 59.5 Å². The van der Waals surface area contributed by atoms with Crippen LogP contribution in [0.25, 0.3) is 0 Å². The molecule has 1 heterocycles. The van der Waals surface area contributed by atoms with E-state index in [2.05, 4.69) is 29.7 Å². The first-order chi connectivity index (χ1) is 13.7. The zero-order valence-electron chi connectivity index (χ0n) is 16.7. The summed E-state index contributed by atoms with van der Waals surface area (Å²) in [5, 5.41) is 9.62. The number of amides is 1. The van der Waals surface area contributed by atoms with Crippen molar-refractivity contribution in [1.82, 2.24) is 9.80 Å². The van der Waals surface area contributed by atoms with Crippen LogP contribution >= 0.6 is 0 Å². The number of benzene rings is 2. The van der Waals surface area contributed by atoms with E-state index < -0.39 is 0 Å². The van der Waals surface area contributed by atoms with Crippen LogP contribution in [0.15, 0.2) is 54.6 Å². The Morgan fingerprint density at radius 3 is 2.14 bits per heavy atom. The van der Waals surface area contributed by atoms with Gasteiger partial charge in [-0.05, 0) is 43.7 Å². The van der Waals surface area contributed by atoms with Gasteiger partial charge in [-0.2, -0.15) is 5.26 Å². The predicted molar refractivity (Wildman–Crippen MR) is 112 cm³/mol. The van der Waals surface area contributed by atoms with Gasteiger partial charge in [-0.3, -0.25) is 9.69 Å². The quantitative estimate of drug-likeness (QED) is 0.774. The molecule has 1 aliphatic rings. The Hall–Kier alpha value is -2.84. The van der Waals surface area contributed by atoms with Crippen molar-refractivity contribution in [2.24, 2.45) is 0 Å². The molecule has 0 radical (unpaired) electrons. The lowest BCUT2D eigenvalue weighted by molar-refractivity contribution is 0.0606. The normalized spacial score (nSPS) is 15.7. The molecule has 1 amide bonds. The second-order valence-electron chi connectivity index (χ2n) is 6.99. The molecule has 0 saturated carbocycles. The van der Waals surface area contributed by atoms with Crippen LogP contribution in [0.2, 0.25) is 0 Å². The van der Waals surface area contributed by atoms with Crippen molar-refractivity contribution in [3.05, 3.63) is 65.7 Å². The van der Waals surface area contributed by atoms with Crippen LogP contribution in [0, 0.1) is 11.3 Å². The molecule has 0 N–H and O–H groups in total. The maximum absolute atomic E-state index is 12.9. The number of piperazine rings is 1. The van der Waals surface area contributed by atoms with E-state index in [1.165, 1.54) is 0 Å². The molecule has 2 aromatic rings. The fourth-order valence-corrected chi connectivity index (χ4v) is 3.77. The van der Waals surface area contributed by atoms with Crippen LogP contribution in [0.1, 0.15) is 35.8 Å². The smallest absolute Gasteiger partial charge is 0.253 e. The number of carbonyl (C=O) groups excluding carboxylic acids is 1. The topological polar surface area (TPSA) is 50.6 Å². The fraction of sp³-hybridized carbons (Fsp3) is 0.391. The Morgan fingerprint density at radius 2 is 1.61 bits per heavy atom. The second-order valence-corrected chi connectivity index (χ2v) is 6.99. The first-order valence-corrected chi connectivity index (χ1v) is 10.0. The van der Waals surface area contributed by atoms with Crippen molar-refractivity contribution in [3.63, 3.8) is 0 Å². The van der Waals surface area contributed by atoms with E-state index in [-0.39, 0.29) is 11.9 Å². The molecule has 2 aromatic carbocycles. The Kier molecular flexibility index (Phi) is 6.67. The van der Waals surface area contributed by atoms with Gasteiger partial charge in [0.15, 0.2) is 0 Å². The summed E-state index contributed by atoms with van der Waals surface area (Å²) < 4.78 is 0. The molecule has 3 rings (SSSR count). The highest BCUT2D eigenvalue weighted by Crippen LogP contribution is 2.22. The van der Waals surface area contributed by atoms with Gasteiger partial charge in [-0.1, -0.05) is 30.3 Å². The number of carbonyl (C=O) groups is 1. The first-order valence-electron chi connectivity index (χ1n) is 10.0. The van der Waals surface area contributed by atoms with Gasteiger partial charge in [0.05, 0.1) is 6.07 Å². The van der Waals surface area contributed by atoms with E-state index in [0.717, 1.165) is 29.9 Å². The minimum absolute atomic E-state index is 0.0685. The summed E-state index contributed by atoms with van der Waals surface area (Å²) in [5.41, 5.74) is 2.88. The van der Waals surface area contributed by atoms with Crippen molar-refractivity contribution in [3.8, 4) is 6.07 Å². The lowest BCUT2D eigenvalue weighted by atomic mass is 10.1. The number of hydrogen-bond donors (Lipinski definition) is 0. The van der Waals surface area contributed by atoms with Gasteiger partial charge in [-0.25, -0.2) is 0 Å². The van der Waals surface area contributed by atoms with Crippen molar-refractivity contribution >= 4 is 11.6 Å². The summed E-state index contributed by atoms with van der Waals surface area (Å²) in [5.74, 6) is 0.0685. The highest BCUT2D eigenvalue weighted by molar-refractivity contribution is 5.94. The average Bonchev–Trinajstić information content (AvgIpc) is 2.76. The Bertz CT molecular complexity index is 801. The molecule has 1 aliphatic heterocycles. The van der Waals surface area contributed by atoms with Gasteiger partial charge >= 0.3 is 0 Å². The van der Waals surface area contributed by atoms with Crippen LogP contribution in [0.4, 0.5) is 5.69 Å². The van der Waals surface area contributed by atoms with E-state index in [9.17, 15) is 10.1 Å². The zero-order chi connectivity index (χ0) is 19.9. The summed E-state index contributed by atoms with van der Waals surface area (Å²) in [6, 6.07) is 19.9. The lowest BCUT2D eigenvalue weighted by Gasteiger charge is -2.37. The van der Waals surface area contributed by atoms with Gasteiger partial charge < -0.3 is 9.80 Å². The van der Waals surface area contributed by atoms with Crippen LogP contribution in [0.3, 0.4) is 0 Å². The molecule has 5 heteroatoms. The highest BCUT2D eigenvalue weighted by Gasteiger charge is 2.27. The van der Waals surface area contributed by atoms with Crippen LogP contribution in [-0.4, -0.2) is 55.0 Å². The standard InChI is InChI=1S/C23H28N4O/c1-3-25(4-2)21-12-10-20(11-13-21)23(28)27-16-14-26(15-17-27)22(18-24)19-8-6-5-7-9-19/h5-13,22H,3-4,14-17H2,1-2H3. The summed E-state index contributed by atoms with van der Waals surface area (Å²) in [6.45, 7) is 8.86. The molecule has 0 aliphatic carbocycles. The molecule has 1 unspecified atom stereocenters. The minimum atomic E-state index is -0.258. The Labute approximate surface area is 167 Å². The monoisotopic (exact) mass is 376 g/mol. The third-order valence-corrected chi connectivity index (χ3v) is 5.45. The zero-order valence-corrected chi connectivity index (χ0v) is 16.7. The lowest BCUT2D eigenvalue weighted by Crippen LogP contribution is -2.49. The molecule has 1 fully saturated rings. The van der Waals surface area contributed by atoms with E-state index >= 15 is 0 Å². The molecule has 0 aromatic heterocycles. The van der Waals surface area contributed by atoms with Gasteiger partial charge in [0.25, 0.3) is 5.91 Å². The SMILES string of the molecule is CCN(CC)c1ccc(C(=O)N2CCN(C(C#N)c3ccccc3)CC2)cc1. The van der Waals surface area contributed by atoms with Crippen molar-refractivity contribution in [1.29, 1.82) is 5.26 Å². The third-order valence-electron chi connectivity index (χ3n) is 5.45. The summed E-state index contributed by atoms with van der Waals surface area (Å²) >= 11 is 0. The van der Waals surface area contributed by atoms with Crippen molar-refractivity contribution in [2.75, 3.05) is 44.2 Å². The molecule has 5 nitrogen and oxygen atoms in total. The number of anilines is 1. The van der Waals surface area contributed by atoms with Crippen LogP contribution in [-0.2, 0) is 0 Å². The largest absolute Gasteiger partial charge is 0.372 e. The maximum Gasteiger partial charge on any atom is 0.253 e. The Morgan fingerprint density at radius 1 is 1.00 bits per heavy atom. The van der Waals surface area contributed by atoms with E-state index in [1.54, 1.807) is 0 Å². The first kappa shape index (κ1) is 19.9. The molecular formula is C23H28N4O. The molecule has 28 heavy (non-hydrogen) atoms. The van der Waals surface area contributed by atoms with Crippen molar-refractivity contribution < 1.29 is 4.79 Å². The van der Waals surface area contributed by atoms with Gasteiger partial charge in [0.1, 0.15) is 6.04 Å². The van der Waals surface area contributed by atoms with Crippen LogP contribution in [0.5, 0.6) is 0 Å². The summed E-state index contributed by atoms with van der Waals surface area (Å²) in [7, 11) is 0. The number of hydrogen-bond acceptors (Lipinski definition) is 4. The van der Waals surface area contributed by atoms with Gasteiger partial charge in [0.2, 0.25) is 0 Å². The molecule has 1 atom stereocenters. The van der Waals surface area contributed by atoms with Crippen LogP contribution < -0.4 is 4.90 Å². The third kappa shape index (κ3) is 4.35. The molecule has 146 valence electrons. The van der Waals surface area contributed by atoms with E-state index in [0.29, 0.717) is 26.2 Å². The van der Waals surface area contributed by atoms with E-state index in [4.69, 9.17) is 0 Å². The predicted octanol–water partition coefficient (Wildman–Crippen LogP) is 3.56. The number of nitrogens with zero attached hydrogens (tertiary/aromatic N) is 4. The van der Waals surface area contributed by atoms with Gasteiger partial charge in [-0.15, -0.1) is 0 Å². The fourth-order valence-electron chi connectivity index (χ4n) is 3.77. The van der Waals surface area contributed by atoms with Gasteiger partial charge in [0, 0.05) is 50.5 Å². The maximum atomic E-state index is 12.9. The molecule has 0 spiro atoms.